The van der Waals surface area contributed by atoms with E-state index in [4.69, 9.17) is 4.74 Å². The molecule has 24 heavy (non-hydrogen) atoms. The first-order valence-electron chi connectivity index (χ1n) is 8.54. The van der Waals surface area contributed by atoms with Crippen molar-refractivity contribution in [3.63, 3.8) is 0 Å². The molecule has 1 N–H and O–H groups in total. The summed E-state index contributed by atoms with van der Waals surface area (Å²) >= 11 is 0. The van der Waals surface area contributed by atoms with Gasteiger partial charge in [0.25, 0.3) is 0 Å². The summed E-state index contributed by atoms with van der Waals surface area (Å²) in [7, 11) is 0. The summed E-state index contributed by atoms with van der Waals surface area (Å²) in [4.78, 5) is 25.5. The molecule has 1 amide bonds. The Morgan fingerprint density at radius 3 is 2.00 bits per heavy atom. The Morgan fingerprint density at radius 1 is 1.08 bits per heavy atom. The minimum atomic E-state index is -2.75. The molecule has 138 valence electrons. The van der Waals surface area contributed by atoms with Gasteiger partial charge in [0.2, 0.25) is 5.92 Å². The summed E-state index contributed by atoms with van der Waals surface area (Å²) < 4.78 is 32.2. The van der Waals surface area contributed by atoms with E-state index in [0.29, 0.717) is 25.9 Å². The third kappa shape index (κ3) is 4.16. The standard InChI is InChI=1S/C17H27F2NO4/c1-15(2,3)24-14(23)20-10-4-12(5-11-20)16(13(21)22)6-8-17(18,19)9-7-16/h12H,4-11H2,1-3H3,(H,21,22). The average Bonchev–Trinajstić information content (AvgIpc) is 2.46. The Kier molecular flexibility index (Phi) is 5.11. The van der Waals surface area contributed by atoms with Crippen LogP contribution < -0.4 is 0 Å². The van der Waals surface area contributed by atoms with Crippen molar-refractivity contribution in [1.29, 1.82) is 0 Å². The zero-order valence-corrected chi connectivity index (χ0v) is 14.6. The number of ether oxygens (including phenoxy) is 1. The number of likely N-dealkylation sites (tertiary alicyclic amines) is 1. The number of carbonyl (C=O) groups excluding carboxylic acids is 1. The van der Waals surface area contributed by atoms with Gasteiger partial charge in [0.15, 0.2) is 0 Å². The van der Waals surface area contributed by atoms with E-state index in [2.05, 4.69) is 0 Å². The van der Waals surface area contributed by atoms with E-state index in [1.165, 1.54) is 0 Å². The van der Waals surface area contributed by atoms with Gasteiger partial charge in [-0.1, -0.05) is 0 Å². The number of nitrogens with zero attached hydrogens (tertiary/aromatic N) is 1. The average molecular weight is 347 g/mol. The second kappa shape index (κ2) is 6.48. The summed E-state index contributed by atoms with van der Waals surface area (Å²) in [5.41, 5.74) is -1.66. The zero-order chi connectivity index (χ0) is 18.2. The fourth-order valence-corrected chi connectivity index (χ4v) is 3.80. The molecule has 5 nitrogen and oxygen atoms in total. The largest absolute Gasteiger partial charge is 0.481 e. The molecule has 0 unspecified atom stereocenters. The highest BCUT2D eigenvalue weighted by molar-refractivity contribution is 5.75. The summed E-state index contributed by atoms with van der Waals surface area (Å²) in [6.45, 7) is 6.19. The summed E-state index contributed by atoms with van der Waals surface area (Å²) in [6.07, 6.45) is -0.106. The Morgan fingerprint density at radius 2 is 1.58 bits per heavy atom. The van der Waals surface area contributed by atoms with E-state index in [1.54, 1.807) is 25.7 Å². The molecular formula is C17H27F2NO4. The van der Waals surface area contributed by atoms with Gasteiger partial charge >= 0.3 is 12.1 Å². The Hall–Kier alpha value is -1.40. The van der Waals surface area contributed by atoms with Gasteiger partial charge in [-0.25, -0.2) is 13.6 Å². The van der Waals surface area contributed by atoms with Crippen LogP contribution in [-0.4, -0.2) is 46.7 Å². The van der Waals surface area contributed by atoms with Crippen LogP contribution in [0.2, 0.25) is 0 Å². The zero-order valence-electron chi connectivity index (χ0n) is 14.6. The van der Waals surface area contributed by atoms with Crippen molar-refractivity contribution in [2.75, 3.05) is 13.1 Å². The lowest BCUT2D eigenvalue weighted by Crippen LogP contribution is -2.50. The van der Waals surface area contributed by atoms with Crippen molar-refractivity contribution in [1.82, 2.24) is 4.90 Å². The lowest BCUT2D eigenvalue weighted by atomic mass is 9.62. The quantitative estimate of drug-likeness (QED) is 0.822. The highest BCUT2D eigenvalue weighted by Gasteiger charge is 2.52. The monoisotopic (exact) mass is 347 g/mol. The molecule has 0 radical (unpaired) electrons. The van der Waals surface area contributed by atoms with Crippen LogP contribution in [0.4, 0.5) is 13.6 Å². The van der Waals surface area contributed by atoms with Gasteiger partial charge in [0.1, 0.15) is 5.60 Å². The number of carbonyl (C=O) groups is 2. The van der Waals surface area contributed by atoms with Crippen molar-refractivity contribution >= 4 is 12.1 Å². The molecule has 1 saturated carbocycles. The molecule has 0 bridgehead atoms. The maximum absolute atomic E-state index is 13.4. The molecule has 1 heterocycles. The maximum atomic E-state index is 13.4. The Bertz CT molecular complexity index is 483. The smallest absolute Gasteiger partial charge is 0.410 e. The minimum Gasteiger partial charge on any atom is -0.481 e. The molecule has 2 fully saturated rings. The van der Waals surface area contributed by atoms with Gasteiger partial charge in [-0.3, -0.25) is 4.79 Å². The third-order valence-electron chi connectivity index (χ3n) is 5.23. The molecule has 0 aromatic carbocycles. The first-order chi connectivity index (χ1) is 11.0. The summed E-state index contributed by atoms with van der Waals surface area (Å²) in [6, 6.07) is 0. The van der Waals surface area contributed by atoms with Gasteiger partial charge < -0.3 is 14.7 Å². The lowest BCUT2D eigenvalue weighted by molar-refractivity contribution is -0.164. The van der Waals surface area contributed by atoms with Gasteiger partial charge in [0, 0.05) is 25.9 Å². The molecular weight excluding hydrogens is 320 g/mol. The number of rotatable bonds is 2. The molecule has 0 aromatic rings. The molecule has 1 aliphatic carbocycles. The van der Waals surface area contributed by atoms with Crippen molar-refractivity contribution in [3.8, 4) is 0 Å². The number of halogens is 2. The summed E-state index contributed by atoms with van der Waals surface area (Å²) in [5, 5.41) is 9.69. The van der Waals surface area contributed by atoms with E-state index in [1.807, 2.05) is 0 Å². The van der Waals surface area contributed by atoms with Crippen LogP contribution in [0.25, 0.3) is 0 Å². The number of aliphatic carboxylic acids is 1. The SMILES string of the molecule is CC(C)(C)OC(=O)N1CCC(C2(C(=O)O)CCC(F)(F)CC2)CC1. The molecule has 1 saturated heterocycles. The number of hydrogen-bond acceptors (Lipinski definition) is 3. The van der Waals surface area contributed by atoms with Gasteiger partial charge in [-0.15, -0.1) is 0 Å². The molecule has 0 spiro atoms. The second-order valence-electron chi connectivity index (χ2n) is 8.06. The first-order valence-corrected chi connectivity index (χ1v) is 8.54. The van der Waals surface area contributed by atoms with E-state index in [0.717, 1.165) is 0 Å². The molecule has 2 rings (SSSR count). The number of amides is 1. The van der Waals surface area contributed by atoms with Gasteiger partial charge in [-0.05, 0) is 52.4 Å². The number of hydrogen-bond donors (Lipinski definition) is 1. The number of carboxylic acid groups (broad SMARTS) is 1. The van der Waals surface area contributed by atoms with E-state index in [-0.39, 0.29) is 31.6 Å². The van der Waals surface area contributed by atoms with Crippen molar-refractivity contribution < 1.29 is 28.2 Å². The predicted molar refractivity (Wildman–Crippen MR) is 84.0 cm³/mol. The number of alkyl halides is 2. The third-order valence-corrected chi connectivity index (χ3v) is 5.23. The van der Waals surface area contributed by atoms with Gasteiger partial charge in [-0.2, -0.15) is 0 Å². The predicted octanol–water partition coefficient (Wildman–Crippen LogP) is 3.91. The topological polar surface area (TPSA) is 66.8 Å². The van der Waals surface area contributed by atoms with Crippen LogP contribution in [0.5, 0.6) is 0 Å². The normalized spacial score (nSPS) is 24.5. The van der Waals surface area contributed by atoms with Crippen molar-refractivity contribution in [3.05, 3.63) is 0 Å². The first kappa shape index (κ1) is 18.9. The maximum Gasteiger partial charge on any atom is 0.410 e. The van der Waals surface area contributed by atoms with Gasteiger partial charge in [0.05, 0.1) is 5.41 Å². The molecule has 0 aromatic heterocycles. The Balaban J connectivity index is 1.99. The highest BCUT2D eigenvalue weighted by Crippen LogP contribution is 2.50. The van der Waals surface area contributed by atoms with Crippen LogP contribution in [-0.2, 0) is 9.53 Å². The van der Waals surface area contributed by atoms with Crippen molar-refractivity contribution in [2.24, 2.45) is 11.3 Å². The minimum absolute atomic E-state index is 0.00639. The fourth-order valence-electron chi connectivity index (χ4n) is 3.80. The van der Waals surface area contributed by atoms with E-state index < -0.39 is 29.0 Å². The van der Waals surface area contributed by atoms with Crippen LogP contribution in [0.3, 0.4) is 0 Å². The van der Waals surface area contributed by atoms with Crippen LogP contribution >= 0.6 is 0 Å². The second-order valence-corrected chi connectivity index (χ2v) is 8.06. The number of piperidine rings is 1. The van der Waals surface area contributed by atoms with E-state index in [9.17, 15) is 23.5 Å². The van der Waals surface area contributed by atoms with Crippen LogP contribution in [0, 0.1) is 11.3 Å². The highest BCUT2D eigenvalue weighted by atomic mass is 19.3. The fraction of sp³-hybridized carbons (Fsp3) is 0.882. The van der Waals surface area contributed by atoms with Crippen LogP contribution in [0.15, 0.2) is 0 Å². The van der Waals surface area contributed by atoms with Crippen molar-refractivity contribution in [2.45, 2.75) is 70.8 Å². The molecule has 0 atom stereocenters. The van der Waals surface area contributed by atoms with E-state index >= 15 is 0 Å². The molecule has 7 heteroatoms. The van der Waals surface area contributed by atoms with Crippen LogP contribution in [0.1, 0.15) is 59.3 Å². The molecule has 1 aliphatic heterocycles. The lowest BCUT2D eigenvalue weighted by Gasteiger charge is -2.45. The Labute approximate surface area is 141 Å². The number of carboxylic acids is 1. The molecule has 2 aliphatic rings. The summed E-state index contributed by atoms with van der Waals surface area (Å²) in [5.74, 6) is -3.91.